The Kier molecular flexibility index (Phi) is 5.44. The molecule has 5 heteroatoms. The quantitative estimate of drug-likeness (QED) is 0.420. The number of aromatic nitrogens is 2. The Bertz CT molecular complexity index is 1090. The number of aryl methyl sites for hydroxylation is 1. The van der Waals surface area contributed by atoms with E-state index in [4.69, 9.17) is 0 Å². The minimum absolute atomic E-state index is 0.0235. The first-order valence-corrected chi connectivity index (χ1v) is 10.2. The van der Waals surface area contributed by atoms with Crippen molar-refractivity contribution < 1.29 is 4.79 Å². The number of anilines is 1. The topological polar surface area (TPSA) is 57.8 Å². The van der Waals surface area contributed by atoms with Crippen LogP contribution in [0.2, 0.25) is 0 Å². The molecule has 4 rings (SSSR count). The van der Waals surface area contributed by atoms with Gasteiger partial charge < -0.3 is 10.3 Å². The summed E-state index contributed by atoms with van der Waals surface area (Å²) in [7, 11) is 0. The number of carbonyl (C=O) groups is 1. The number of H-pyrrole nitrogens is 1. The maximum absolute atomic E-state index is 12.2. The smallest absolute Gasteiger partial charge is 0.225 e. The van der Waals surface area contributed by atoms with Crippen molar-refractivity contribution >= 4 is 34.4 Å². The Balaban J connectivity index is 1.35. The molecule has 0 saturated heterocycles. The van der Waals surface area contributed by atoms with Gasteiger partial charge in [-0.25, -0.2) is 4.98 Å². The number of rotatable bonds is 6. The molecule has 2 N–H and O–H groups in total. The predicted octanol–water partition coefficient (Wildman–Crippen LogP) is 5.66. The van der Waals surface area contributed by atoms with Crippen LogP contribution >= 0.6 is 11.8 Å². The highest BCUT2D eigenvalue weighted by molar-refractivity contribution is 7.99. The fourth-order valence-corrected chi connectivity index (χ4v) is 3.85. The fraction of sp³-hybridized carbons (Fsp3) is 0.130. The molecule has 0 atom stereocenters. The van der Waals surface area contributed by atoms with Crippen molar-refractivity contribution in [2.45, 2.75) is 18.2 Å². The van der Waals surface area contributed by atoms with Gasteiger partial charge in [-0.05, 0) is 61.0 Å². The molecule has 3 aromatic carbocycles. The summed E-state index contributed by atoms with van der Waals surface area (Å²) in [6.45, 7) is 2.07. The molecule has 4 aromatic rings. The van der Waals surface area contributed by atoms with Crippen LogP contribution in [0, 0.1) is 6.92 Å². The summed E-state index contributed by atoms with van der Waals surface area (Å²) < 4.78 is 0. The molecule has 1 aromatic heterocycles. The summed E-state index contributed by atoms with van der Waals surface area (Å²) in [6.07, 6.45) is 0.476. The van der Waals surface area contributed by atoms with E-state index in [1.807, 2.05) is 48.5 Å². The first-order chi connectivity index (χ1) is 13.7. The zero-order valence-electron chi connectivity index (χ0n) is 15.6. The maximum atomic E-state index is 12.2. The van der Waals surface area contributed by atoms with Gasteiger partial charge in [0.1, 0.15) is 5.82 Å². The molecule has 0 saturated carbocycles. The summed E-state index contributed by atoms with van der Waals surface area (Å²) >= 11 is 1.69. The minimum atomic E-state index is 0.0235. The number of imidazole rings is 1. The number of hydrogen-bond donors (Lipinski definition) is 2. The van der Waals surface area contributed by atoms with E-state index >= 15 is 0 Å². The second-order valence-corrected chi connectivity index (χ2v) is 7.81. The van der Waals surface area contributed by atoms with Crippen molar-refractivity contribution in [1.82, 2.24) is 9.97 Å². The lowest BCUT2D eigenvalue weighted by molar-refractivity contribution is -0.115. The van der Waals surface area contributed by atoms with E-state index in [0.29, 0.717) is 6.42 Å². The molecular formula is C23H21N3OS. The zero-order chi connectivity index (χ0) is 19.3. The van der Waals surface area contributed by atoms with Crippen LogP contribution in [-0.4, -0.2) is 21.6 Å². The molecule has 0 aliphatic heterocycles. The van der Waals surface area contributed by atoms with Crippen LogP contribution in [0.4, 0.5) is 5.69 Å². The van der Waals surface area contributed by atoms with Gasteiger partial charge in [-0.3, -0.25) is 4.79 Å². The number of nitrogens with one attached hydrogen (secondary N) is 2. The summed E-state index contributed by atoms with van der Waals surface area (Å²) in [4.78, 5) is 21.3. The van der Waals surface area contributed by atoms with Gasteiger partial charge in [0.25, 0.3) is 0 Å². The average Bonchev–Trinajstić information content (AvgIpc) is 3.12. The number of hydrogen-bond acceptors (Lipinski definition) is 3. The number of amides is 1. The van der Waals surface area contributed by atoms with Gasteiger partial charge in [0, 0.05) is 28.3 Å². The van der Waals surface area contributed by atoms with Gasteiger partial charge in [0.15, 0.2) is 0 Å². The fourth-order valence-electron chi connectivity index (χ4n) is 2.97. The molecule has 1 amide bonds. The van der Waals surface area contributed by atoms with E-state index in [1.165, 1.54) is 10.5 Å². The van der Waals surface area contributed by atoms with E-state index in [1.54, 1.807) is 11.8 Å². The highest BCUT2D eigenvalue weighted by Crippen LogP contribution is 2.23. The van der Waals surface area contributed by atoms with E-state index in [9.17, 15) is 4.79 Å². The molecule has 0 bridgehead atoms. The lowest BCUT2D eigenvalue weighted by Crippen LogP contribution is -2.12. The molecule has 0 radical (unpaired) electrons. The monoisotopic (exact) mass is 387 g/mol. The van der Waals surface area contributed by atoms with Gasteiger partial charge in [-0.2, -0.15) is 0 Å². The second-order valence-electron chi connectivity index (χ2n) is 6.64. The molecule has 0 fully saturated rings. The van der Waals surface area contributed by atoms with Crippen molar-refractivity contribution in [3.63, 3.8) is 0 Å². The number of nitrogens with zero attached hydrogens (tertiary/aromatic N) is 1. The van der Waals surface area contributed by atoms with Crippen molar-refractivity contribution in [3.05, 3.63) is 78.4 Å². The van der Waals surface area contributed by atoms with Gasteiger partial charge in [0.2, 0.25) is 5.91 Å². The van der Waals surface area contributed by atoms with Gasteiger partial charge in [0.05, 0.1) is 11.0 Å². The third kappa shape index (κ3) is 4.43. The lowest BCUT2D eigenvalue weighted by atomic mass is 10.2. The lowest BCUT2D eigenvalue weighted by Gasteiger charge is -2.06. The van der Waals surface area contributed by atoms with Crippen molar-refractivity contribution in [2.75, 3.05) is 11.1 Å². The van der Waals surface area contributed by atoms with Crippen LogP contribution in [0.1, 0.15) is 12.0 Å². The molecule has 1 heterocycles. The Labute approximate surface area is 168 Å². The number of fused-ring (bicyclic) bond motifs is 1. The maximum Gasteiger partial charge on any atom is 0.225 e. The summed E-state index contributed by atoms with van der Waals surface area (Å²) in [5.74, 6) is 1.61. The number of benzene rings is 3. The Morgan fingerprint density at radius 1 is 1.04 bits per heavy atom. The first kappa shape index (κ1) is 18.3. The standard InChI is InChI=1S/C23H21N3OS/c1-16-7-12-20-21(15-16)26-23(25-20)17-8-10-18(11-9-17)24-22(27)13-14-28-19-5-3-2-4-6-19/h2-12,15H,13-14H2,1H3,(H,24,27)(H,25,26). The highest BCUT2D eigenvalue weighted by Gasteiger charge is 2.07. The Hall–Kier alpha value is -3.05. The zero-order valence-corrected chi connectivity index (χ0v) is 16.4. The van der Waals surface area contributed by atoms with E-state index in [0.717, 1.165) is 33.9 Å². The minimum Gasteiger partial charge on any atom is -0.338 e. The largest absolute Gasteiger partial charge is 0.338 e. The summed E-state index contributed by atoms with van der Waals surface area (Å²) in [6, 6.07) is 24.1. The number of thioether (sulfide) groups is 1. The van der Waals surface area contributed by atoms with Gasteiger partial charge in [-0.15, -0.1) is 11.8 Å². The number of aromatic amines is 1. The molecule has 28 heavy (non-hydrogen) atoms. The molecule has 0 aliphatic carbocycles. The van der Waals surface area contributed by atoms with E-state index in [-0.39, 0.29) is 5.91 Å². The molecular weight excluding hydrogens is 366 g/mol. The van der Waals surface area contributed by atoms with E-state index in [2.05, 4.69) is 46.5 Å². The van der Waals surface area contributed by atoms with Crippen LogP contribution in [-0.2, 0) is 4.79 Å². The van der Waals surface area contributed by atoms with Crippen LogP contribution in [0.25, 0.3) is 22.4 Å². The van der Waals surface area contributed by atoms with Crippen molar-refractivity contribution in [3.8, 4) is 11.4 Å². The van der Waals surface area contributed by atoms with Crippen molar-refractivity contribution in [1.29, 1.82) is 0 Å². The van der Waals surface area contributed by atoms with Crippen molar-refractivity contribution in [2.24, 2.45) is 0 Å². The number of carbonyl (C=O) groups excluding carboxylic acids is 1. The van der Waals surface area contributed by atoms with Crippen LogP contribution in [0.5, 0.6) is 0 Å². The van der Waals surface area contributed by atoms with E-state index < -0.39 is 0 Å². The van der Waals surface area contributed by atoms with Crippen LogP contribution in [0.15, 0.2) is 77.7 Å². The SMILES string of the molecule is Cc1ccc2nc(-c3ccc(NC(=O)CCSc4ccccc4)cc3)[nH]c2c1. The molecule has 140 valence electrons. The normalized spacial score (nSPS) is 10.9. The molecule has 4 nitrogen and oxygen atoms in total. The first-order valence-electron chi connectivity index (χ1n) is 9.22. The highest BCUT2D eigenvalue weighted by atomic mass is 32.2. The third-order valence-electron chi connectivity index (χ3n) is 4.42. The third-order valence-corrected chi connectivity index (χ3v) is 5.43. The summed E-state index contributed by atoms with van der Waals surface area (Å²) in [5, 5.41) is 2.96. The predicted molar refractivity (Wildman–Crippen MR) is 117 cm³/mol. The average molecular weight is 388 g/mol. The molecule has 0 spiro atoms. The Morgan fingerprint density at radius 2 is 1.82 bits per heavy atom. The van der Waals surface area contributed by atoms with Gasteiger partial charge >= 0.3 is 0 Å². The van der Waals surface area contributed by atoms with Gasteiger partial charge in [-0.1, -0.05) is 24.3 Å². The Morgan fingerprint density at radius 3 is 2.61 bits per heavy atom. The summed E-state index contributed by atoms with van der Waals surface area (Å²) in [5.41, 5.74) is 4.97. The van der Waals surface area contributed by atoms with Crippen LogP contribution < -0.4 is 5.32 Å². The molecule has 0 unspecified atom stereocenters. The van der Waals surface area contributed by atoms with Crippen LogP contribution in [0.3, 0.4) is 0 Å². The second kappa shape index (κ2) is 8.31. The molecule has 0 aliphatic rings.